The van der Waals surface area contributed by atoms with Gasteiger partial charge in [-0.1, -0.05) is 42.5 Å². The van der Waals surface area contributed by atoms with E-state index < -0.39 is 5.97 Å². The molecule has 0 radical (unpaired) electrons. The van der Waals surface area contributed by atoms with Crippen LogP contribution in [0.2, 0.25) is 0 Å². The molecule has 2 aliphatic carbocycles. The van der Waals surface area contributed by atoms with Gasteiger partial charge in [0.05, 0.1) is 0 Å². The normalized spacial score (nSPS) is 26.5. The number of hydrogen-bond acceptors (Lipinski definition) is 1. The molecular formula is C14H12O2. The second-order valence-corrected chi connectivity index (χ2v) is 4.33. The highest BCUT2D eigenvalue weighted by atomic mass is 16.4. The second kappa shape index (κ2) is 3.34. The fourth-order valence-electron chi connectivity index (χ4n) is 2.79. The molecule has 16 heavy (non-hydrogen) atoms. The van der Waals surface area contributed by atoms with Gasteiger partial charge in [0.25, 0.3) is 0 Å². The molecule has 1 N–H and O–H groups in total. The molecule has 0 fully saturated rings. The van der Waals surface area contributed by atoms with Crippen molar-refractivity contribution in [3.63, 3.8) is 0 Å². The van der Waals surface area contributed by atoms with Crippen LogP contribution in [0.4, 0.5) is 0 Å². The maximum atomic E-state index is 11.3. The first-order chi connectivity index (χ1) is 7.77. The van der Waals surface area contributed by atoms with Gasteiger partial charge in [-0.2, -0.15) is 0 Å². The molecule has 2 nitrogen and oxygen atoms in total. The van der Waals surface area contributed by atoms with Gasteiger partial charge >= 0.3 is 5.97 Å². The van der Waals surface area contributed by atoms with E-state index in [0.717, 1.165) is 17.6 Å². The third-order valence-corrected chi connectivity index (χ3v) is 3.43. The number of benzene rings is 1. The Labute approximate surface area is 93.9 Å². The summed E-state index contributed by atoms with van der Waals surface area (Å²) in [4.78, 5) is 11.3. The Kier molecular flexibility index (Phi) is 1.96. The van der Waals surface area contributed by atoms with Crippen molar-refractivity contribution in [3.05, 3.63) is 53.6 Å². The molecular weight excluding hydrogens is 200 g/mol. The molecule has 1 aromatic rings. The summed E-state index contributed by atoms with van der Waals surface area (Å²) in [7, 11) is 0. The molecule has 0 saturated heterocycles. The zero-order chi connectivity index (χ0) is 11.1. The summed E-state index contributed by atoms with van der Waals surface area (Å²) in [5.74, 6) is -0.341. The molecule has 2 bridgehead atoms. The lowest BCUT2D eigenvalue weighted by Crippen LogP contribution is -2.08. The van der Waals surface area contributed by atoms with Crippen LogP contribution in [0, 0.1) is 11.8 Å². The van der Waals surface area contributed by atoms with Crippen molar-refractivity contribution >= 4 is 11.5 Å². The zero-order valence-electron chi connectivity index (χ0n) is 8.76. The van der Waals surface area contributed by atoms with Crippen LogP contribution in [-0.2, 0) is 4.79 Å². The van der Waals surface area contributed by atoms with Gasteiger partial charge in [-0.15, -0.1) is 0 Å². The molecule has 2 unspecified atom stereocenters. The van der Waals surface area contributed by atoms with Gasteiger partial charge in [0.2, 0.25) is 0 Å². The van der Waals surface area contributed by atoms with Crippen LogP contribution in [0.15, 0.2) is 48.1 Å². The molecule has 0 spiro atoms. The van der Waals surface area contributed by atoms with E-state index in [-0.39, 0.29) is 5.92 Å². The number of allylic oxidation sites excluding steroid dienone is 3. The van der Waals surface area contributed by atoms with E-state index >= 15 is 0 Å². The van der Waals surface area contributed by atoms with Gasteiger partial charge in [-0.25, -0.2) is 4.79 Å². The third kappa shape index (κ3) is 1.23. The molecule has 2 atom stereocenters. The van der Waals surface area contributed by atoms with Crippen molar-refractivity contribution < 1.29 is 9.90 Å². The van der Waals surface area contributed by atoms with E-state index in [1.165, 1.54) is 0 Å². The first kappa shape index (κ1) is 9.40. The van der Waals surface area contributed by atoms with Crippen LogP contribution >= 0.6 is 0 Å². The van der Waals surface area contributed by atoms with Gasteiger partial charge in [-0.3, -0.25) is 0 Å². The van der Waals surface area contributed by atoms with Gasteiger partial charge < -0.3 is 5.11 Å². The number of hydrogen-bond donors (Lipinski definition) is 1. The van der Waals surface area contributed by atoms with Crippen LogP contribution in [-0.4, -0.2) is 11.1 Å². The van der Waals surface area contributed by atoms with Crippen molar-refractivity contribution in [2.24, 2.45) is 11.8 Å². The molecule has 2 heteroatoms. The highest BCUT2D eigenvalue weighted by Gasteiger charge is 2.38. The monoisotopic (exact) mass is 212 g/mol. The Morgan fingerprint density at radius 1 is 1.12 bits per heavy atom. The minimum Gasteiger partial charge on any atom is -0.478 e. The average Bonchev–Trinajstić information content (AvgIpc) is 2.89. The van der Waals surface area contributed by atoms with Crippen LogP contribution in [0.3, 0.4) is 0 Å². The van der Waals surface area contributed by atoms with Gasteiger partial charge in [0, 0.05) is 17.4 Å². The van der Waals surface area contributed by atoms with E-state index in [1.54, 1.807) is 0 Å². The summed E-state index contributed by atoms with van der Waals surface area (Å²) >= 11 is 0. The molecule has 2 aliphatic rings. The molecule has 0 amide bonds. The van der Waals surface area contributed by atoms with Crippen molar-refractivity contribution in [3.8, 4) is 0 Å². The minimum absolute atomic E-state index is 0.123. The SMILES string of the molecule is O=C(O)C1=C(c2ccccc2)C2C=CC1C2. The maximum Gasteiger partial charge on any atom is 0.332 e. The molecule has 0 saturated carbocycles. The number of carboxylic acids is 1. The van der Waals surface area contributed by atoms with Gasteiger partial charge in [0.1, 0.15) is 0 Å². The number of aliphatic carboxylic acids is 1. The minimum atomic E-state index is -0.768. The number of rotatable bonds is 2. The number of carboxylic acid groups (broad SMARTS) is 1. The zero-order valence-corrected chi connectivity index (χ0v) is 8.76. The molecule has 0 heterocycles. The number of fused-ring (bicyclic) bond motifs is 2. The topological polar surface area (TPSA) is 37.3 Å². The van der Waals surface area contributed by atoms with E-state index in [9.17, 15) is 9.90 Å². The molecule has 3 rings (SSSR count). The Hall–Kier alpha value is -1.83. The lowest BCUT2D eigenvalue weighted by Gasteiger charge is -2.13. The van der Waals surface area contributed by atoms with Crippen molar-refractivity contribution in [1.82, 2.24) is 0 Å². The largest absolute Gasteiger partial charge is 0.478 e. The van der Waals surface area contributed by atoms with Crippen LogP contribution in [0.5, 0.6) is 0 Å². The van der Waals surface area contributed by atoms with Gasteiger partial charge in [0.15, 0.2) is 0 Å². The lowest BCUT2D eigenvalue weighted by atomic mass is 9.91. The Morgan fingerprint density at radius 3 is 2.50 bits per heavy atom. The summed E-state index contributed by atoms with van der Waals surface area (Å²) < 4.78 is 0. The smallest absolute Gasteiger partial charge is 0.332 e. The first-order valence-electron chi connectivity index (χ1n) is 5.48. The predicted octanol–water partition coefficient (Wildman–Crippen LogP) is 2.73. The second-order valence-electron chi connectivity index (χ2n) is 4.33. The molecule has 80 valence electrons. The quantitative estimate of drug-likeness (QED) is 0.765. The lowest BCUT2D eigenvalue weighted by molar-refractivity contribution is -0.132. The van der Waals surface area contributed by atoms with E-state index in [4.69, 9.17) is 0 Å². The van der Waals surface area contributed by atoms with Crippen LogP contribution < -0.4 is 0 Å². The molecule has 1 aromatic carbocycles. The Bertz CT molecular complexity index is 497. The predicted molar refractivity (Wildman–Crippen MR) is 61.7 cm³/mol. The van der Waals surface area contributed by atoms with Crippen molar-refractivity contribution in [2.75, 3.05) is 0 Å². The summed E-state index contributed by atoms with van der Waals surface area (Å²) in [6.45, 7) is 0. The van der Waals surface area contributed by atoms with Crippen molar-refractivity contribution in [1.29, 1.82) is 0 Å². The molecule has 0 aromatic heterocycles. The summed E-state index contributed by atoms with van der Waals surface area (Å²) in [5.41, 5.74) is 2.66. The van der Waals surface area contributed by atoms with E-state index in [2.05, 4.69) is 6.08 Å². The number of carbonyl (C=O) groups is 1. The highest BCUT2D eigenvalue weighted by molar-refractivity contribution is 6.00. The van der Waals surface area contributed by atoms with Crippen molar-refractivity contribution in [2.45, 2.75) is 6.42 Å². The average molecular weight is 212 g/mol. The summed E-state index contributed by atoms with van der Waals surface area (Å²) in [6, 6.07) is 9.85. The standard InChI is InChI=1S/C14H12O2/c15-14(16)13-11-7-6-10(8-11)12(13)9-4-2-1-3-5-9/h1-7,10-11H,8H2,(H,15,16). The Balaban J connectivity index is 2.14. The third-order valence-electron chi connectivity index (χ3n) is 3.43. The van der Waals surface area contributed by atoms with Gasteiger partial charge in [-0.05, 0) is 17.6 Å². The maximum absolute atomic E-state index is 11.3. The summed E-state index contributed by atoms with van der Waals surface area (Å²) in [5, 5.41) is 9.28. The fraction of sp³-hybridized carbons (Fsp3) is 0.214. The highest BCUT2D eigenvalue weighted by Crippen LogP contribution is 2.48. The van der Waals surface area contributed by atoms with E-state index in [1.807, 2.05) is 36.4 Å². The summed E-state index contributed by atoms with van der Waals surface area (Å²) in [6.07, 6.45) is 5.10. The first-order valence-corrected chi connectivity index (χ1v) is 5.48. The molecule has 0 aliphatic heterocycles. The van der Waals surface area contributed by atoms with Crippen LogP contribution in [0.25, 0.3) is 5.57 Å². The Morgan fingerprint density at radius 2 is 1.81 bits per heavy atom. The fourth-order valence-corrected chi connectivity index (χ4v) is 2.79. The van der Waals surface area contributed by atoms with Crippen LogP contribution in [0.1, 0.15) is 12.0 Å². The van der Waals surface area contributed by atoms with E-state index in [0.29, 0.717) is 11.5 Å².